The summed E-state index contributed by atoms with van der Waals surface area (Å²) in [5.74, 6) is 1.85. The Hall–Kier alpha value is -6.91. The van der Waals surface area contributed by atoms with Gasteiger partial charge in [0.1, 0.15) is 11.2 Å². The Morgan fingerprint density at radius 3 is 1.72 bits per heavy atom. The molecule has 7 aromatic carbocycles. The zero-order valence-corrected chi connectivity index (χ0v) is 28.9. The van der Waals surface area contributed by atoms with Crippen molar-refractivity contribution in [2.24, 2.45) is 0 Å². The predicted molar refractivity (Wildman–Crippen MR) is 217 cm³/mol. The lowest BCUT2D eigenvalue weighted by molar-refractivity contribution is 0.669. The quantitative estimate of drug-likeness (QED) is 0.175. The molecule has 0 unspecified atom stereocenters. The van der Waals surface area contributed by atoms with E-state index in [1.165, 1.54) is 22.3 Å². The van der Waals surface area contributed by atoms with Crippen LogP contribution in [-0.2, 0) is 6.42 Å². The van der Waals surface area contributed by atoms with Gasteiger partial charge in [0, 0.05) is 27.5 Å². The third-order valence-corrected chi connectivity index (χ3v) is 10.2. The first-order valence-corrected chi connectivity index (χ1v) is 18.1. The molecule has 2 heterocycles. The molecule has 4 heteroatoms. The normalized spacial score (nSPS) is 12.3. The van der Waals surface area contributed by atoms with Gasteiger partial charge in [-0.3, -0.25) is 0 Å². The summed E-state index contributed by atoms with van der Waals surface area (Å²) >= 11 is 0. The number of para-hydroxylation sites is 1. The van der Waals surface area contributed by atoms with E-state index in [0.717, 1.165) is 73.7 Å². The summed E-state index contributed by atoms with van der Waals surface area (Å²) in [5, 5.41) is 2.01. The molecule has 10 rings (SSSR count). The number of aryl methyl sites for hydroxylation is 1. The summed E-state index contributed by atoms with van der Waals surface area (Å²) in [4.78, 5) is 15.8. The lowest BCUT2D eigenvalue weighted by Gasteiger charge is -2.15. The molecule has 0 aliphatic heterocycles. The average molecular weight is 680 g/mol. The van der Waals surface area contributed by atoms with Gasteiger partial charge in [-0.15, -0.1) is 0 Å². The highest BCUT2D eigenvalue weighted by Crippen LogP contribution is 2.43. The molecule has 53 heavy (non-hydrogen) atoms. The maximum atomic E-state index is 6.45. The molecule has 9 aromatic rings. The van der Waals surface area contributed by atoms with Crippen molar-refractivity contribution >= 4 is 28.0 Å². The number of furan rings is 1. The summed E-state index contributed by atoms with van der Waals surface area (Å²) in [6, 6.07) is 57.1. The first-order valence-electron chi connectivity index (χ1n) is 18.1. The smallest absolute Gasteiger partial charge is 0.165 e. The Morgan fingerprint density at radius 1 is 0.434 bits per heavy atom. The van der Waals surface area contributed by atoms with Crippen molar-refractivity contribution in [3.8, 4) is 67.5 Å². The van der Waals surface area contributed by atoms with Gasteiger partial charge in [0.2, 0.25) is 0 Å². The zero-order valence-electron chi connectivity index (χ0n) is 28.9. The number of allylic oxidation sites excluding steroid dienone is 1. The molecule has 250 valence electrons. The lowest BCUT2D eigenvalue weighted by atomic mass is 9.93. The molecule has 0 N–H and O–H groups in total. The van der Waals surface area contributed by atoms with Crippen molar-refractivity contribution in [1.29, 1.82) is 0 Å². The number of hydrogen-bond acceptors (Lipinski definition) is 4. The molecule has 0 saturated carbocycles. The topological polar surface area (TPSA) is 51.8 Å². The highest BCUT2D eigenvalue weighted by atomic mass is 16.3. The minimum atomic E-state index is 0.602. The fourth-order valence-corrected chi connectivity index (χ4v) is 7.52. The van der Waals surface area contributed by atoms with E-state index in [9.17, 15) is 0 Å². The van der Waals surface area contributed by atoms with Crippen LogP contribution in [0.15, 0.2) is 174 Å². The molecule has 0 radical (unpaired) electrons. The molecule has 1 aliphatic rings. The molecule has 1 aliphatic carbocycles. The highest BCUT2D eigenvalue weighted by Gasteiger charge is 2.22. The highest BCUT2D eigenvalue weighted by molar-refractivity contribution is 6.15. The van der Waals surface area contributed by atoms with Crippen LogP contribution >= 0.6 is 0 Å². The van der Waals surface area contributed by atoms with Gasteiger partial charge in [0.15, 0.2) is 17.5 Å². The number of rotatable bonds is 6. The van der Waals surface area contributed by atoms with Gasteiger partial charge in [-0.25, -0.2) is 15.0 Å². The monoisotopic (exact) mass is 679 g/mol. The van der Waals surface area contributed by atoms with Crippen LogP contribution in [0.3, 0.4) is 0 Å². The maximum Gasteiger partial charge on any atom is 0.165 e. The average Bonchev–Trinajstić information content (AvgIpc) is 3.63. The molecular formula is C49H33N3O. The van der Waals surface area contributed by atoms with Crippen LogP contribution in [0.25, 0.3) is 95.6 Å². The van der Waals surface area contributed by atoms with Crippen LogP contribution in [0.5, 0.6) is 0 Å². The van der Waals surface area contributed by atoms with Crippen LogP contribution < -0.4 is 0 Å². The minimum absolute atomic E-state index is 0.602. The van der Waals surface area contributed by atoms with E-state index in [1.807, 2.05) is 24.3 Å². The van der Waals surface area contributed by atoms with Gasteiger partial charge in [0.25, 0.3) is 0 Å². The molecule has 0 atom stereocenters. The second-order valence-electron chi connectivity index (χ2n) is 13.5. The van der Waals surface area contributed by atoms with E-state index in [4.69, 9.17) is 19.4 Å². The molecule has 0 fully saturated rings. The van der Waals surface area contributed by atoms with Crippen LogP contribution in [0.2, 0.25) is 0 Å². The molecule has 0 amide bonds. The molecule has 0 bridgehead atoms. The van der Waals surface area contributed by atoms with Gasteiger partial charge >= 0.3 is 0 Å². The van der Waals surface area contributed by atoms with Crippen LogP contribution in [0.4, 0.5) is 0 Å². The first kappa shape index (κ1) is 30.9. The largest absolute Gasteiger partial charge is 0.456 e. The van der Waals surface area contributed by atoms with E-state index in [1.54, 1.807) is 0 Å². The SMILES string of the molecule is C1=Cc2cc(-c3nc(-c4ccc(-c5ccccc5)cc4)nc(-c4c(-c5ccc(-c6ccccc6)cc5)ccc5oc6ccccc6c45)n3)ccc2CC1. The number of fused-ring (bicyclic) bond motifs is 4. The second kappa shape index (κ2) is 13.0. The number of benzene rings is 7. The predicted octanol–water partition coefficient (Wildman–Crippen LogP) is 12.7. The van der Waals surface area contributed by atoms with E-state index >= 15 is 0 Å². The first-order chi connectivity index (χ1) is 26.2. The van der Waals surface area contributed by atoms with Crippen LogP contribution in [0.1, 0.15) is 17.5 Å². The standard InChI is InChI=1S/C49H33N3O/c1-3-11-32(12-4-1)35-19-24-37(25-20-35)41-29-30-44-45(42-17-9-10-18-43(42)53-44)46(41)49-51-47(38-26-21-36(22-27-38)33-13-5-2-6-14-33)50-48(52-49)40-28-23-34-15-7-8-16-39(34)31-40/h1-6,8-14,16-31H,7,15H2. The number of aromatic nitrogens is 3. The Bertz CT molecular complexity index is 2800. The van der Waals surface area contributed by atoms with Gasteiger partial charge in [-0.1, -0.05) is 152 Å². The minimum Gasteiger partial charge on any atom is -0.456 e. The van der Waals surface area contributed by atoms with E-state index in [0.29, 0.717) is 17.5 Å². The van der Waals surface area contributed by atoms with Gasteiger partial charge < -0.3 is 4.42 Å². The van der Waals surface area contributed by atoms with E-state index in [-0.39, 0.29) is 0 Å². The Balaban J connectivity index is 1.21. The fourth-order valence-electron chi connectivity index (χ4n) is 7.52. The number of nitrogens with zero attached hydrogens (tertiary/aromatic N) is 3. The van der Waals surface area contributed by atoms with Crippen molar-refractivity contribution in [1.82, 2.24) is 15.0 Å². The second-order valence-corrected chi connectivity index (χ2v) is 13.5. The summed E-state index contributed by atoms with van der Waals surface area (Å²) in [6.45, 7) is 0. The van der Waals surface area contributed by atoms with Crippen molar-refractivity contribution in [3.63, 3.8) is 0 Å². The Labute approximate surface area is 307 Å². The van der Waals surface area contributed by atoms with Crippen molar-refractivity contribution in [2.75, 3.05) is 0 Å². The summed E-state index contributed by atoms with van der Waals surface area (Å²) in [6.07, 6.45) is 6.55. The van der Waals surface area contributed by atoms with Crippen LogP contribution in [0, 0.1) is 0 Å². The zero-order chi connectivity index (χ0) is 35.1. The van der Waals surface area contributed by atoms with Gasteiger partial charge in [-0.2, -0.15) is 0 Å². The summed E-state index contributed by atoms with van der Waals surface area (Å²) in [5.41, 5.74) is 13.7. The van der Waals surface area contributed by atoms with Crippen molar-refractivity contribution in [2.45, 2.75) is 12.8 Å². The molecule has 0 saturated heterocycles. The third kappa shape index (κ3) is 5.71. The molecular weight excluding hydrogens is 647 g/mol. The van der Waals surface area contributed by atoms with Gasteiger partial charge in [0.05, 0.1) is 0 Å². The van der Waals surface area contributed by atoms with Crippen molar-refractivity contribution < 1.29 is 4.42 Å². The number of hydrogen-bond donors (Lipinski definition) is 0. The molecule has 4 nitrogen and oxygen atoms in total. The Kier molecular flexibility index (Phi) is 7.58. The van der Waals surface area contributed by atoms with E-state index < -0.39 is 0 Å². The third-order valence-electron chi connectivity index (χ3n) is 10.2. The van der Waals surface area contributed by atoms with Crippen molar-refractivity contribution in [3.05, 3.63) is 181 Å². The maximum absolute atomic E-state index is 6.45. The molecule has 0 spiro atoms. The Morgan fingerprint density at radius 2 is 1.00 bits per heavy atom. The summed E-state index contributed by atoms with van der Waals surface area (Å²) in [7, 11) is 0. The summed E-state index contributed by atoms with van der Waals surface area (Å²) < 4.78 is 6.45. The lowest BCUT2D eigenvalue weighted by Crippen LogP contribution is -2.02. The van der Waals surface area contributed by atoms with Crippen LogP contribution in [-0.4, -0.2) is 15.0 Å². The van der Waals surface area contributed by atoms with E-state index in [2.05, 4.69) is 152 Å². The van der Waals surface area contributed by atoms with Gasteiger partial charge in [-0.05, 0) is 81.6 Å². The molecule has 2 aromatic heterocycles. The fraction of sp³-hybridized carbons (Fsp3) is 0.0408.